The molecule has 0 aliphatic heterocycles. The molecule has 3 atom stereocenters. The zero-order valence-corrected chi connectivity index (χ0v) is 10.7. The lowest BCUT2D eigenvalue weighted by Crippen LogP contribution is -2.50. The van der Waals surface area contributed by atoms with E-state index >= 15 is 0 Å². The van der Waals surface area contributed by atoms with Crippen molar-refractivity contribution in [1.82, 2.24) is 10.6 Å². The predicted molar refractivity (Wildman–Crippen MR) is 64.6 cm³/mol. The summed E-state index contributed by atoms with van der Waals surface area (Å²) in [5.41, 5.74) is 0.136. The fraction of sp³-hybridized carbons (Fsp3) is 0.917. The molecule has 1 aliphatic rings. The first-order valence-electron chi connectivity index (χ1n) is 6.05. The van der Waals surface area contributed by atoms with E-state index in [0.29, 0.717) is 12.0 Å². The highest BCUT2D eigenvalue weighted by atomic mass is 16.4. The van der Waals surface area contributed by atoms with E-state index in [2.05, 4.69) is 38.3 Å². The van der Waals surface area contributed by atoms with E-state index in [0.717, 1.165) is 19.3 Å². The topological polar surface area (TPSA) is 61.4 Å². The van der Waals surface area contributed by atoms with Gasteiger partial charge in [0, 0.05) is 17.6 Å². The summed E-state index contributed by atoms with van der Waals surface area (Å²) < 4.78 is 0. The quantitative estimate of drug-likeness (QED) is 0.679. The third-order valence-corrected chi connectivity index (χ3v) is 3.12. The molecule has 0 bridgehead atoms. The third-order valence-electron chi connectivity index (χ3n) is 3.12. The SMILES string of the molecule is CC1C[C@H](NC(C)(C)C)CCC1NC(=O)O. The molecule has 1 rings (SSSR count). The van der Waals surface area contributed by atoms with Gasteiger partial charge in [0.1, 0.15) is 0 Å². The first kappa shape index (κ1) is 13.3. The van der Waals surface area contributed by atoms with Crippen molar-refractivity contribution >= 4 is 6.09 Å². The van der Waals surface area contributed by atoms with Crippen molar-refractivity contribution in [3.05, 3.63) is 0 Å². The molecular formula is C12H24N2O2. The second-order valence-electron chi connectivity index (χ2n) is 5.94. The molecule has 4 heteroatoms. The first-order valence-corrected chi connectivity index (χ1v) is 6.05. The van der Waals surface area contributed by atoms with Crippen LogP contribution in [0.5, 0.6) is 0 Å². The van der Waals surface area contributed by atoms with Crippen LogP contribution in [-0.2, 0) is 0 Å². The highest BCUT2D eigenvalue weighted by Crippen LogP contribution is 2.25. The van der Waals surface area contributed by atoms with Crippen LogP contribution in [0, 0.1) is 5.92 Å². The van der Waals surface area contributed by atoms with Crippen LogP contribution in [0.25, 0.3) is 0 Å². The molecule has 2 unspecified atom stereocenters. The number of carbonyl (C=O) groups is 1. The van der Waals surface area contributed by atoms with Crippen molar-refractivity contribution in [3.63, 3.8) is 0 Å². The Morgan fingerprint density at radius 1 is 1.31 bits per heavy atom. The Morgan fingerprint density at radius 3 is 2.38 bits per heavy atom. The summed E-state index contributed by atoms with van der Waals surface area (Å²) in [5, 5.41) is 14.9. The fourth-order valence-corrected chi connectivity index (χ4v) is 2.51. The van der Waals surface area contributed by atoms with E-state index in [1.165, 1.54) is 0 Å². The average Bonchev–Trinajstić information content (AvgIpc) is 2.06. The lowest BCUT2D eigenvalue weighted by Gasteiger charge is -2.37. The molecular weight excluding hydrogens is 204 g/mol. The molecule has 4 nitrogen and oxygen atoms in total. The van der Waals surface area contributed by atoms with Gasteiger partial charge in [-0.2, -0.15) is 0 Å². The van der Waals surface area contributed by atoms with Crippen LogP contribution in [0.1, 0.15) is 47.0 Å². The highest BCUT2D eigenvalue weighted by Gasteiger charge is 2.30. The van der Waals surface area contributed by atoms with Gasteiger partial charge in [-0.1, -0.05) is 6.92 Å². The largest absolute Gasteiger partial charge is 0.465 e. The number of rotatable bonds is 2. The van der Waals surface area contributed by atoms with Gasteiger partial charge in [-0.15, -0.1) is 0 Å². The molecule has 3 N–H and O–H groups in total. The molecule has 0 aromatic heterocycles. The van der Waals surface area contributed by atoms with Gasteiger partial charge in [0.2, 0.25) is 0 Å². The van der Waals surface area contributed by atoms with Crippen LogP contribution in [0.3, 0.4) is 0 Å². The Bertz CT molecular complexity index is 248. The summed E-state index contributed by atoms with van der Waals surface area (Å²) in [6.07, 6.45) is 2.12. The van der Waals surface area contributed by atoms with Crippen molar-refractivity contribution in [2.24, 2.45) is 5.92 Å². The summed E-state index contributed by atoms with van der Waals surface area (Å²) in [7, 11) is 0. The maximum atomic E-state index is 10.6. The van der Waals surface area contributed by atoms with Gasteiger partial charge in [-0.05, 0) is 46.0 Å². The Hall–Kier alpha value is -0.770. The molecule has 0 aromatic rings. The number of nitrogens with one attached hydrogen (secondary N) is 2. The zero-order chi connectivity index (χ0) is 12.3. The summed E-state index contributed by atoms with van der Waals surface area (Å²) in [6.45, 7) is 8.62. The zero-order valence-electron chi connectivity index (χ0n) is 10.7. The van der Waals surface area contributed by atoms with Crippen LogP contribution in [0.4, 0.5) is 4.79 Å². The lowest BCUT2D eigenvalue weighted by molar-refractivity contribution is 0.166. The number of amides is 1. The molecule has 1 amide bonds. The molecule has 1 aliphatic carbocycles. The Morgan fingerprint density at radius 2 is 1.94 bits per heavy atom. The molecule has 1 fully saturated rings. The van der Waals surface area contributed by atoms with Gasteiger partial charge < -0.3 is 15.7 Å². The first-order chi connectivity index (χ1) is 7.28. The molecule has 94 valence electrons. The van der Waals surface area contributed by atoms with E-state index in [1.54, 1.807) is 0 Å². The fourth-order valence-electron chi connectivity index (χ4n) is 2.51. The monoisotopic (exact) mass is 228 g/mol. The molecule has 0 spiro atoms. The van der Waals surface area contributed by atoms with E-state index < -0.39 is 6.09 Å². The standard InChI is InChI=1S/C12H24N2O2/c1-8-7-9(14-12(2,3)4)5-6-10(8)13-11(15)16/h8-10,13-14H,5-7H2,1-4H3,(H,15,16)/t8?,9-,10?/m1/s1. The molecule has 0 radical (unpaired) electrons. The second-order valence-corrected chi connectivity index (χ2v) is 5.94. The van der Waals surface area contributed by atoms with Crippen molar-refractivity contribution in [1.29, 1.82) is 0 Å². The number of hydrogen-bond acceptors (Lipinski definition) is 2. The Balaban J connectivity index is 2.42. The van der Waals surface area contributed by atoms with Crippen molar-refractivity contribution in [2.45, 2.75) is 64.6 Å². The van der Waals surface area contributed by atoms with E-state index in [-0.39, 0.29) is 11.6 Å². The van der Waals surface area contributed by atoms with Crippen molar-refractivity contribution in [2.75, 3.05) is 0 Å². The molecule has 16 heavy (non-hydrogen) atoms. The summed E-state index contributed by atoms with van der Waals surface area (Å²) >= 11 is 0. The highest BCUT2D eigenvalue weighted by molar-refractivity contribution is 5.64. The van der Waals surface area contributed by atoms with Crippen LogP contribution < -0.4 is 10.6 Å². The molecule has 0 aromatic carbocycles. The maximum Gasteiger partial charge on any atom is 0.404 e. The molecule has 0 saturated heterocycles. The minimum Gasteiger partial charge on any atom is -0.465 e. The van der Waals surface area contributed by atoms with Crippen LogP contribution in [0.15, 0.2) is 0 Å². The third kappa shape index (κ3) is 4.39. The summed E-state index contributed by atoms with van der Waals surface area (Å²) in [4.78, 5) is 10.6. The van der Waals surface area contributed by atoms with Crippen LogP contribution in [0.2, 0.25) is 0 Å². The van der Waals surface area contributed by atoms with Gasteiger partial charge >= 0.3 is 6.09 Å². The minimum atomic E-state index is -0.904. The minimum absolute atomic E-state index is 0.121. The molecule has 0 heterocycles. The van der Waals surface area contributed by atoms with Gasteiger partial charge in [0.25, 0.3) is 0 Å². The lowest BCUT2D eigenvalue weighted by atomic mass is 9.82. The van der Waals surface area contributed by atoms with Crippen molar-refractivity contribution in [3.8, 4) is 0 Å². The summed E-state index contributed by atoms with van der Waals surface area (Å²) in [5.74, 6) is 0.407. The Kier molecular flexibility index (Phi) is 4.19. The number of hydrogen-bond donors (Lipinski definition) is 3. The maximum absolute atomic E-state index is 10.6. The van der Waals surface area contributed by atoms with E-state index in [1.807, 2.05) is 0 Å². The molecule has 1 saturated carbocycles. The van der Waals surface area contributed by atoms with Gasteiger partial charge in [0.05, 0.1) is 0 Å². The van der Waals surface area contributed by atoms with Gasteiger partial charge in [0.15, 0.2) is 0 Å². The van der Waals surface area contributed by atoms with Crippen LogP contribution in [-0.4, -0.2) is 28.8 Å². The van der Waals surface area contributed by atoms with Gasteiger partial charge in [-0.3, -0.25) is 0 Å². The van der Waals surface area contributed by atoms with E-state index in [9.17, 15) is 4.79 Å². The second kappa shape index (κ2) is 5.04. The summed E-state index contributed by atoms with van der Waals surface area (Å²) in [6, 6.07) is 0.636. The normalized spacial score (nSPS) is 31.1. The van der Waals surface area contributed by atoms with Crippen molar-refractivity contribution < 1.29 is 9.90 Å². The average molecular weight is 228 g/mol. The van der Waals surface area contributed by atoms with Gasteiger partial charge in [-0.25, -0.2) is 4.79 Å². The number of carboxylic acid groups (broad SMARTS) is 1. The smallest absolute Gasteiger partial charge is 0.404 e. The van der Waals surface area contributed by atoms with E-state index in [4.69, 9.17) is 5.11 Å². The Labute approximate surface area is 97.8 Å². The predicted octanol–water partition coefficient (Wildman–Crippen LogP) is 2.20. The van der Waals surface area contributed by atoms with Crippen LogP contribution >= 0.6 is 0 Å².